The van der Waals surface area contributed by atoms with E-state index in [9.17, 15) is 4.79 Å². The van der Waals surface area contributed by atoms with Gasteiger partial charge in [-0.25, -0.2) is 0 Å². The monoisotopic (exact) mass is 298 g/mol. The van der Waals surface area contributed by atoms with E-state index in [2.05, 4.69) is 28.2 Å². The summed E-state index contributed by atoms with van der Waals surface area (Å²) in [6, 6.07) is 5.78. The van der Waals surface area contributed by atoms with Crippen molar-refractivity contribution in [2.24, 2.45) is 11.7 Å². The van der Waals surface area contributed by atoms with Crippen molar-refractivity contribution in [3.63, 3.8) is 0 Å². The summed E-state index contributed by atoms with van der Waals surface area (Å²) >= 11 is 3.44. The van der Waals surface area contributed by atoms with Crippen LogP contribution in [0.3, 0.4) is 0 Å². The molecule has 3 N–H and O–H groups in total. The zero-order valence-electron chi connectivity index (χ0n) is 10.3. The summed E-state index contributed by atoms with van der Waals surface area (Å²) in [5.74, 6) is 0.441. The van der Waals surface area contributed by atoms with Crippen molar-refractivity contribution in [3.05, 3.63) is 28.2 Å². The average Bonchev–Trinajstić information content (AvgIpc) is 2.32. The van der Waals surface area contributed by atoms with Gasteiger partial charge in [-0.1, -0.05) is 28.9 Å². The summed E-state index contributed by atoms with van der Waals surface area (Å²) in [6.07, 6.45) is 1.35. The third-order valence-corrected chi connectivity index (χ3v) is 3.67. The van der Waals surface area contributed by atoms with Crippen molar-refractivity contribution in [1.82, 2.24) is 0 Å². The molecule has 0 saturated carbocycles. The molecule has 0 spiro atoms. The fraction of sp³-hybridized carbons (Fsp3) is 0.462. The van der Waals surface area contributed by atoms with Gasteiger partial charge in [0.05, 0.1) is 0 Å². The van der Waals surface area contributed by atoms with E-state index >= 15 is 0 Å². The van der Waals surface area contributed by atoms with Gasteiger partial charge in [-0.05, 0) is 43.5 Å². The van der Waals surface area contributed by atoms with E-state index < -0.39 is 0 Å². The largest absolute Gasteiger partial charge is 0.330 e. The maximum absolute atomic E-state index is 11.7. The van der Waals surface area contributed by atoms with Crippen LogP contribution in [0.1, 0.15) is 25.3 Å². The summed E-state index contributed by atoms with van der Waals surface area (Å²) in [5.41, 5.74) is 7.43. The first-order chi connectivity index (χ1) is 8.04. The number of anilines is 1. The lowest BCUT2D eigenvalue weighted by atomic mass is 10.1. The predicted molar refractivity (Wildman–Crippen MR) is 75.0 cm³/mol. The lowest BCUT2D eigenvalue weighted by Gasteiger charge is -2.11. The lowest BCUT2D eigenvalue weighted by Crippen LogP contribution is -2.16. The molecule has 3 nitrogen and oxygen atoms in total. The van der Waals surface area contributed by atoms with Crippen molar-refractivity contribution in [2.45, 2.75) is 26.7 Å². The highest BCUT2D eigenvalue weighted by Crippen LogP contribution is 2.23. The van der Waals surface area contributed by atoms with Gasteiger partial charge in [-0.2, -0.15) is 0 Å². The minimum atomic E-state index is 0.0477. The first-order valence-corrected chi connectivity index (χ1v) is 6.59. The number of halogens is 1. The third-order valence-electron chi connectivity index (χ3n) is 2.81. The molecule has 0 aliphatic heterocycles. The standard InChI is InChI=1S/C13H19BrN2O/c1-9(8-15)6-7-13(17)16-12-5-3-4-11(14)10(12)2/h3-5,9H,6-8,15H2,1-2H3,(H,16,17). The summed E-state index contributed by atoms with van der Waals surface area (Å²) in [7, 11) is 0. The fourth-order valence-corrected chi connectivity index (χ4v) is 1.82. The molecule has 94 valence electrons. The van der Waals surface area contributed by atoms with Crippen LogP contribution in [0.15, 0.2) is 22.7 Å². The van der Waals surface area contributed by atoms with Crippen LogP contribution in [0, 0.1) is 12.8 Å². The molecule has 0 aliphatic rings. The number of hydrogen-bond acceptors (Lipinski definition) is 2. The molecule has 1 rings (SSSR count). The third kappa shape index (κ3) is 4.48. The van der Waals surface area contributed by atoms with E-state index in [1.807, 2.05) is 25.1 Å². The first-order valence-electron chi connectivity index (χ1n) is 5.79. The summed E-state index contributed by atoms with van der Waals surface area (Å²) in [4.78, 5) is 11.7. The molecule has 0 heterocycles. The summed E-state index contributed by atoms with van der Waals surface area (Å²) < 4.78 is 1.01. The van der Waals surface area contributed by atoms with Crippen molar-refractivity contribution >= 4 is 27.5 Å². The smallest absolute Gasteiger partial charge is 0.224 e. The SMILES string of the molecule is Cc1c(Br)cccc1NC(=O)CCC(C)CN. The Kier molecular flexibility index (Phi) is 5.65. The second-order valence-electron chi connectivity index (χ2n) is 4.34. The molecule has 0 radical (unpaired) electrons. The molecular formula is C13H19BrN2O. The number of hydrogen-bond donors (Lipinski definition) is 2. The van der Waals surface area contributed by atoms with Crippen molar-refractivity contribution in [3.8, 4) is 0 Å². The minimum absolute atomic E-state index is 0.0477. The normalized spacial score (nSPS) is 12.2. The van der Waals surface area contributed by atoms with Gasteiger partial charge in [0, 0.05) is 16.6 Å². The average molecular weight is 299 g/mol. The second kappa shape index (κ2) is 6.77. The molecule has 0 bridgehead atoms. The van der Waals surface area contributed by atoms with E-state index in [1.54, 1.807) is 0 Å². The van der Waals surface area contributed by atoms with Gasteiger partial charge < -0.3 is 11.1 Å². The maximum Gasteiger partial charge on any atom is 0.224 e. The molecule has 0 aromatic heterocycles. The van der Waals surface area contributed by atoms with Gasteiger partial charge in [0.15, 0.2) is 0 Å². The molecule has 4 heteroatoms. The highest BCUT2D eigenvalue weighted by Gasteiger charge is 2.08. The van der Waals surface area contributed by atoms with Gasteiger partial charge >= 0.3 is 0 Å². The topological polar surface area (TPSA) is 55.1 Å². The van der Waals surface area contributed by atoms with E-state index in [-0.39, 0.29) is 5.91 Å². The Labute approximate surface area is 111 Å². The van der Waals surface area contributed by atoms with Crippen LogP contribution in [-0.4, -0.2) is 12.5 Å². The Morgan fingerprint density at radius 1 is 1.53 bits per heavy atom. The zero-order chi connectivity index (χ0) is 12.8. The fourth-order valence-electron chi connectivity index (χ4n) is 1.45. The molecule has 1 unspecified atom stereocenters. The molecule has 0 saturated heterocycles. The summed E-state index contributed by atoms with van der Waals surface area (Å²) in [6.45, 7) is 4.66. The van der Waals surface area contributed by atoms with Crippen LogP contribution in [-0.2, 0) is 4.79 Å². The quantitative estimate of drug-likeness (QED) is 0.878. The molecule has 0 aliphatic carbocycles. The van der Waals surface area contributed by atoms with Gasteiger partial charge in [-0.15, -0.1) is 0 Å². The molecule has 1 aromatic carbocycles. The molecule has 17 heavy (non-hydrogen) atoms. The van der Waals surface area contributed by atoms with E-state index in [0.717, 1.165) is 22.1 Å². The number of carbonyl (C=O) groups is 1. The number of rotatable bonds is 5. The van der Waals surface area contributed by atoms with Crippen molar-refractivity contribution in [1.29, 1.82) is 0 Å². The lowest BCUT2D eigenvalue weighted by molar-refractivity contribution is -0.116. The molecule has 1 atom stereocenters. The Morgan fingerprint density at radius 2 is 2.24 bits per heavy atom. The van der Waals surface area contributed by atoms with E-state index in [4.69, 9.17) is 5.73 Å². The predicted octanol–water partition coefficient (Wildman–Crippen LogP) is 3.07. The van der Waals surface area contributed by atoms with Crippen LogP contribution in [0.25, 0.3) is 0 Å². The minimum Gasteiger partial charge on any atom is -0.330 e. The number of benzene rings is 1. The van der Waals surface area contributed by atoms with Crippen LogP contribution in [0.2, 0.25) is 0 Å². The molecule has 1 amide bonds. The van der Waals surface area contributed by atoms with Crippen LogP contribution >= 0.6 is 15.9 Å². The zero-order valence-corrected chi connectivity index (χ0v) is 11.9. The highest BCUT2D eigenvalue weighted by atomic mass is 79.9. The van der Waals surface area contributed by atoms with E-state index in [0.29, 0.717) is 18.9 Å². The first kappa shape index (κ1) is 14.2. The van der Waals surface area contributed by atoms with Crippen molar-refractivity contribution in [2.75, 3.05) is 11.9 Å². The number of nitrogens with one attached hydrogen (secondary N) is 1. The number of nitrogens with two attached hydrogens (primary N) is 1. The molecule has 0 fully saturated rings. The second-order valence-corrected chi connectivity index (χ2v) is 5.19. The van der Waals surface area contributed by atoms with Crippen LogP contribution in [0.4, 0.5) is 5.69 Å². The summed E-state index contributed by atoms with van der Waals surface area (Å²) in [5, 5.41) is 2.92. The Balaban J connectivity index is 2.54. The van der Waals surface area contributed by atoms with Crippen molar-refractivity contribution < 1.29 is 4.79 Å². The van der Waals surface area contributed by atoms with Gasteiger partial charge in [0.2, 0.25) is 5.91 Å². The van der Waals surface area contributed by atoms with Gasteiger partial charge in [-0.3, -0.25) is 4.79 Å². The number of amides is 1. The Morgan fingerprint density at radius 3 is 2.88 bits per heavy atom. The molecule has 1 aromatic rings. The van der Waals surface area contributed by atoms with Crippen LogP contribution < -0.4 is 11.1 Å². The Hall–Kier alpha value is -0.870. The van der Waals surface area contributed by atoms with Crippen LogP contribution in [0.5, 0.6) is 0 Å². The van der Waals surface area contributed by atoms with E-state index in [1.165, 1.54) is 0 Å². The maximum atomic E-state index is 11.7. The van der Waals surface area contributed by atoms with Gasteiger partial charge in [0.25, 0.3) is 0 Å². The number of carbonyl (C=O) groups excluding carboxylic acids is 1. The van der Waals surface area contributed by atoms with Gasteiger partial charge in [0.1, 0.15) is 0 Å². The molecular weight excluding hydrogens is 280 g/mol. The highest BCUT2D eigenvalue weighted by molar-refractivity contribution is 9.10. The Bertz CT molecular complexity index is 393.